The molecule has 1 aromatic carbocycles. The Morgan fingerprint density at radius 1 is 1.53 bits per heavy atom. The van der Waals surface area contributed by atoms with Gasteiger partial charge in [0.15, 0.2) is 0 Å². The Hall–Kier alpha value is -2.14. The van der Waals surface area contributed by atoms with Crippen molar-refractivity contribution in [3.05, 3.63) is 47.8 Å². The van der Waals surface area contributed by atoms with E-state index in [9.17, 15) is 4.79 Å². The highest BCUT2D eigenvalue weighted by molar-refractivity contribution is 6.03. The molecule has 2 aromatic rings. The van der Waals surface area contributed by atoms with Gasteiger partial charge >= 0.3 is 0 Å². The fourth-order valence-corrected chi connectivity index (χ4v) is 1.48. The van der Waals surface area contributed by atoms with Crippen molar-refractivity contribution in [1.29, 1.82) is 0 Å². The van der Waals surface area contributed by atoms with Crippen molar-refractivity contribution < 1.29 is 9.53 Å². The van der Waals surface area contributed by atoms with E-state index >= 15 is 0 Å². The lowest BCUT2D eigenvalue weighted by atomic mass is 10.1. The summed E-state index contributed by atoms with van der Waals surface area (Å²) < 4.78 is 5.02. The molecule has 2 rings (SSSR count). The van der Waals surface area contributed by atoms with Gasteiger partial charge in [0.25, 0.3) is 5.91 Å². The maximum absolute atomic E-state index is 11.9. The molecule has 0 saturated carbocycles. The zero-order valence-electron chi connectivity index (χ0n) is 9.43. The highest BCUT2D eigenvalue weighted by atomic mass is 16.5. The number of rotatable bonds is 4. The van der Waals surface area contributed by atoms with Crippen LogP contribution in [-0.2, 0) is 11.3 Å². The van der Waals surface area contributed by atoms with Crippen LogP contribution in [0.1, 0.15) is 15.9 Å². The highest BCUT2D eigenvalue weighted by Gasteiger charge is 2.07. The number of amides is 1. The number of benzene rings is 1. The summed E-state index contributed by atoms with van der Waals surface area (Å²) in [6.07, 6.45) is 3.23. The minimum absolute atomic E-state index is 0.196. The average Bonchev–Trinajstić information content (AvgIpc) is 2.83. The fraction of sp³-hybridized carbons (Fsp3) is 0.167. The van der Waals surface area contributed by atoms with Crippen LogP contribution in [0.4, 0.5) is 5.95 Å². The zero-order chi connectivity index (χ0) is 12.1. The topological polar surface area (TPSA) is 67.0 Å². The number of H-pyrrole nitrogens is 1. The molecule has 88 valence electrons. The summed E-state index contributed by atoms with van der Waals surface area (Å²) in [4.78, 5) is 18.6. The third kappa shape index (κ3) is 2.92. The zero-order valence-corrected chi connectivity index (χ0v) is 9.43. The lowest BCUT2D eigenvalue weighted by Crippen LogP contribution is -2.13. The van der Waals surface area contributed by atoms with Crippen LogP contribution in [0.3, 0.4) is 0 Å². The Bertz CT molecular complexity index is 494. The SMILES string of the molecule is COCc1cccc(C(=O)Nc2ncc[nH]2)c1. The number of anilines is 1. The number of hydrogen-bond acceptors (Lipinski definition) is 3. The van der Waals surface area contributed by atoms with Crippen molar-refractivity contribution in [3.63, 3.8) is 0 Å². The number of carbonyl (C=O) groups excluding carboxylic acids is 1. The van der Waals surface area contributed by atoms with Gasteiger partial charge in [-0.15, -0.1) is 0 Å². The number of aromatic amines is 1. The predicted octanol–water partition coefficient (Wildman–Crippen LogP) is 1.81. The third-order valence-corrected chi connectivity index (χ3v) is 2.23. The maximum atomic E-state index is 11.9. The average molecular weight is 231 g/mol. The summed E-state index contributed by atoms with van der Waals surface area (Å²) in [7, 11) is 1.62. The van der Waals surface area contributed by atoms with Crippen molar-refractivity contribution >= 4 is 11.9 Å². The van der Waals surface area contributed by atoms with Crippen LogP contribution in [0.5, 0.6) is 0 Å². The van der Waals surface area contributed by atoms with Crippen LogP contribution in [-0.4, -0.2) is 23.0 Å². The largest absolute Gasteiger partial charge is 0.380 e. The smallest absolute Gasteiger partial charge is 0.257 e. The molecule has 0 atom stereocenters. The van der Waals surface area contributed by atoms with Gasteiger partial charge in [-0.1, -0.05) is 12.1 Å². The van der Waals surface area contributed by atoms with Gasteiger partial charge in [0, 0.05) is 25.1 Å². The van der Waals surface area contributed by atoms with Crippen molar-refractivity contribution in [2.45, 2.75) is 6.61 Å². The molecule has 1 amide bonds. The minimum Gasteiger partial charge on any atom is -0.380 e. The van der Waals surface area contributed by atoms with Gasteiger partial charge in [0.2, 0.25) is 5.95 Å². The van der Waals surface area contributed by atoms with E-state index < -0.39 is 0 Å². The number of imidazole rings is 1. The van der Waals surface area contributed by atoms with Crippen LogP contribution in [0, 0.1) is 0 Å². The summed E-state index contributed by atoms with van der Waals surface area (Å²) >= 11 is 0. The summed E-state index contributed by atoms with van der Waals surface area (Å²) in [5, 5.41) is 2.66. The Kier molecular flexibility index (Phi) is 3.52. The molecule has 1 heterocycles. The summed E-state index contributed by atoms with van der Waals surface area (Å²) in [6, 6.07) is 7.28. The molecule has 0 aliphatic heterocycles. The van der Waals surface area contributed by atoms with E-state index in [1.807, 2.05) is 12.1 Å². The first-order chi connectivity index (χ1) is 8.29. The van der Waals surface area contributed by atoms with Gasteiger partial charge in [0.1, 0.15) is 0 Å². The minimum atomic E-state index is -0.196. The van der Waals surface area contributed by atoms with Crippen molar-refractivity contribution in [3.8, 4) is 0 Å². The van der Waals surface area contributed by atoms with Gasteiger partial charge in [-0.3, -0.25) is 10.1 Å². The molecule has 17 heavy (non-hydrogen) atoms. The second kappa shape index (κ2) is 5.27. The number of ether oxygens (including phenoxy) is 1. The molecular formula is C12H13N3O2. The lowest BCUT2D eigenvalue weighted by Gasteiger charge is -2.04. The Morgan fingerprint density at radius 2 is 2.41 bits per heavy atom. The van der Waals surface area contributed by atoms with Gasteiger partial charge in [0.05, 0.1) is 6.61 Å². The molecule has 0 spiro atoms. The molecule has 1 aromatic heterocycles. The van der Waals surface area contributed by atoms with Gasteiger partial charge < -0.3 is 9.72 Å². The van der Waals surface area contributed by atoms with Crippen LogP contribution < -0.4 is 5.32 Å². The maximum Gasteiger partial charge on any atom is 0.257 e. The summed E-state index contributed by atoms with van der Waals surface area (Å²) in [5.41, 5.74) is 1.54. The molecule has 0 fully saturated rings. The number of nitrogens with one attached hydrogen (secondary N) is 2. The molecule has 0 aliphatic carbocycles. The summed E-state index contributed by atoms with van der Waals surface area (Å²) in [6.45, 7) is 0.488. The Labute approximate surface area is 98.8 Å². The van der Waals surface area contributed by atoms with E-state index in [-0.39, 0.29) is 5.91 Å². The van der Waals surface area contributed by atoms with Crippen LogP contribution in [0.2, 0.25) is 0 Å². The van der Waals surface area contributed by atoms with E-state index in [0.29, 0.717) is 18.1 Å². The van der Waals surface area contributed by atoms with E-state index in [2.05, 4.69) is 15.3 Å². The van der Waals surface area contributed by atoms with Gasteiger partial charge in [-0.2, -0.15) is 0 Å². The highest BCUT2D eigenvalue weighted by Crippen LogP contribution is 2.08. The summed E-state index contributed by atoms with van der Waals surface area (Å²) in [5.74, 6) is 0.241. The molecule has 0 unspecified atom stereocenters. The van der Waals surface area contributed by atoms with Crippen molar-refractivity contribution in [2.75, 3.05) is 12.4 Å². The van der Waals surface area contributed by atoms with E-state index in [1.54, 1.807) is 31.6 Å². The monoisotopic (exact) mass is 231 g/mol. The molecular weight excluding hydrogens is 218 g/mol. The van der Waals surface area contributed by atoms with Gasteiger partial charge in [-0.05, 0) is 17.7 Å². The first-order valence-electron chi connectivity index (χ1n) is 5.18. The van der Waals surface area contributed by atoms with Crippen LogP contribution in [0.15, 0.2) is 36.7 Å². The molecule has 0 radical (unpaired) electrons. The van der Waals surface area contributed by atoms with Crippen LogP contribution >= 0.6 is 0 Å². The van der Waals surface area contributed by atoms with Gasteiger partial charge in [-0.25, -0.2) is 4.98 Å². The number of nitrogens with zero attached hydrogens (tertiary/aromatic N) is 1. The van der Waals surface area contributed by atoms with Crippen molar-refractivity contribution in [2.24, 2.45) is 0 Å². The normalized spacial score (nSPS) is 10.2. The molecule has 2 N–H and O–H groups in total. The standard InChI is InChI=1S/C12H13N3O2/c1-17-8-9-3-2-4-10(7-9)11(16)15-12-13-5-6-14-12/h2-7H,8H2,1H3,(H2,13,14,15,16). The second-order valence-corrected chi connectivity index (χ2v) is 3.53. The lowest BCUT2D eigenvalue weighted by molar-refractivity contribution is 0.102. The molecule has 5 nitrogen and oxygen atoms in total. The number of carbonyl (C=O) groups is 1. The number of aromatic nitrogens is 2. The van der Waals surface area contributed by atoms with E-state index in [0.717, 1.165) is 5.56 Å². The number of hydrogen-bond donors (Lipinski definition) is 2. The van der Waals surface area contributed by atoms with Crippen LogP contribution in [0.25, 0.3) is 0 Å². The van der Waals surface area contributed by atoms with Crippen molar-refractivity contribution in [1.82, 2.24) is 9.97 Å². The molecule has 0 bridgehead atoms. The quantitative estimate of drug-likeness (QED) is 0.843. The Balaban J connectivity index is 2.11. The number of methoxy groups -OCH3 is 1. The molecule has 0 saturated heterocycles. The van der Waals surface area contributed by atoms with E-state index in [4.69, 9.17) is 4.74 Å². The molecule has 5 heteroatoms. The second-order valence-electron chi connectivity index (χ2n) is 3.53. The first kappa shape index (κ1) is 11.3. The van der Waals surface area contributed by atoms with E-state index in [1.165, 1.54) is 0 Å². The molecule has 0 aliphatic rings. The Morgan fingerprint density at radius 3 is 3.12 bits per heavy atom. The predicted molar refractivity (Wildman–Crippen MR) is 63.7 cm³/mol. The first-order valence-corrected chi connectivity index (χ1v) is 5.18. The fourth-order valence-electron chi connectivity index (χ4n) is 1.48. The third-order valence-electron chi connectivity index (χ3n) is 2.23.